The van der Waals surface area contributed by atoms with Crippen molar-refractivity contribution in [2.75, 3.05) is 30.3 Å². The van der Waals surface area contributed by atoms with Gasteiger partial charge in [0.15, 0.2) is 6.61 Å². The molecule has 0 radical (unpaired) electrons. The van der Waals surface area contributed by atoms with Gasteiger partial charge in [0, 0.05) is 30.0 Å². The van der Waals surface area contributed by atoms with Gasteiger partial charge in [0.1, 0.15) is 0 Å². The molecule has 1 aliphatic heterocycles. The zero-order valence-corrected chi connectivity index (χ0v) is 18.8. The molecule has 0 spiro atoms. The van der Waals surface area contributed by atoms with Crippen LogP contribution in [-0.4, -0.2) is 42.5 Å². The van der Waals surface area contributed by atoms with E-state index in [0.717, 1.165) is 16.8 Å². The van der Waals surface area contributed by atoms with Crippen molar-refractivity contribution in [1.29, 1.82) is 0 Å². The summed E-state index contributed by atoms with van der Waals surface area (Å²) in [5, 5.41) is 5.69. The van der Waals surface area contributed by atoms with Crippen LogP contribution in [0.5, 0.6) is 0 Å². The smallest absolute Gasteiger partial charge is 0.321 e. The number of urea groups is 1. The van der Waals surface area contributed by atoms with Gasteiger partial charge in [-0.05, 0) is 36.6 Å². The number of para-hydroxylation sites is 2. The molecule has 3 aromatic rings. The highest BCUT2D eigenvalue weighted by molar-refractivity contribution is 5.97. The third-order valence-electron chi connectivity index (χ3n) is 5.77. The van der Waals surface area contributed by atoms with E-state index >= 15 is 0 Å². The number of nitrogens with zero attached hydrogens (tertiary/aromatic N) is 1. The largest absolute Gasteiger partial charge is 0.455 e. The zero-order valence-electron chi connectivity index (χ0n) is 18.8. The van der Waals surface area contributed by atoms with Crippen LogP contribution >= 0.6 is 0 Å². The van der Waals surface area contributed by atoms with Crippen molar-refractivity contribution in [1.82, 2.24) is 4.90 Å². The lowest BCUT2D eigenvalue weighted by Gasteiger charge is -2.30. The molecular weight excluding hydrogens is 430 g/mol. The maximum atomic E-state index is 12.5. The molecule has 0 saturated carbocycles. The second kappa shape index (κ2) is 11.1. The SMILES string of the molecule is O=C(COC(=O)C1CCN(C(=O)Nc2ccccc2)CC1)Nc1ccccc1-c1ccccc1. The molecule has 0 aliphatic carbocycles. The molecule has 7 heteroatoms. The van der Waals surface area contributed by atoms with E-state index in [0.29, 0.717) is 31.6 Å². The molecule has 0 aromatic heterocycles. The van der Waals surface area contributed by atoms with E-state index in [9.17, 15) is 14.4 Å². The maximum Gasteiger partial charge on any atom is 0.321 e. The van der Waals surface area contributed by atoms with E-state index in [1.807, 2.05) is 84.9 Å². The van der Waals surface area contributed by atoms with Gasteiger partial charge in [0.25, 0.3) is 5.91 Å². The molecule has 2 N–H and O–H groups in total. The molecule has 4 rings (SSSR count). The fourth-order valence-electron chi connectivity index (χ4n) is 3.94. The Kier molecular flexibility index (Phi) is 7.55. The Labute approximate surface area is 198 Å². The summed E-state index contributed by atoms with van der Waals surface area (Å²) < 4.78 is 5.28. The molecule has 1 heterocycles. The van der Waals surface area contributed by atoms with E-state index in [1.54, 1.807) is 4.90 Å². The van der Waals surface area contributed by atoms with Crippen molar-refractivity contribution >= 4 is 29.3 Å². The standard InChI is InChI=1S/C27H27N3O4/c31-25(29-24-14-8-7-13-23(24)20-9-3-1-4-10-20)19-34-26(32)21-15-17-30(18-16-21)27(33)28-22-11-5-2-6-12-22/h1-14,21H,15-19H2,(H,28,33)(H,29,31). The average molecular weight is 458 g/mol. The Bertz CT molecular complexity index is 1130. The molecule has 174 valence electrons. The lowest BCUT2D eigenvalue weighted by atomic mass is 9.97. The summed E-state index contributed by atoms with van der Waals surface area (Å²) in [4.78, 5) is 39.0. The van der Waals surface area contributed by atoms with Crippen molar-refractivity contribution < 1.29 is 19.1 Å². The third-order valence-corrected chi connectivity index (χ3v) is 5.77. The third kappa shape index (κ3) is 6.01. The van der Waals surface area contributed by atoms with Crippen LogP contribution in [0.3, 0.4) is 0 Å². The number of hydrogen-bond acceptors (Lipinski definition) is 4. The number of amides is 3. The highest BCUT2D eigenvalue weighted by Gasteiger charge is 2.28. The van der Waals surface area contributed by atoms with Gasteiger partial charge in [0.2, 0.25) is 0 Å². The Hall–Kier alpha value is -4.13. The van der Waals surface area contributed by atoms with Gasteiger partial charge in [-0.2, -0.15) is 0 Å². The minimum atomic E-state index is -0.408. The molecule has 0 atom stereocenters. The van der Waals surface area contributed by atoms with Crippen LogP contribution in [0.2, 0.25) is 0 Å². The molecule has 1 fully saturated rings. The van der Waals surface area contributed by atoms with Gasteiger partial charge in [-0.3, -0.25) is 9.59 Å². The van der Waals surface area contributed by atoms with Gasteiger partial charge < -0.3 is 20.3 Å². The zero-order chi connectivity index (χ0) is 23.8. The van der Waals surface area contributed by atoms with Crippen molar-refractivity contribution in [3.8, 4) is 11.1 Å². The predicted molar refractivity (Wildman–Crippen MR) is 131 cm³/mol. The number of carbonyl (C=O) groups excluding carboxylic acids is 3. The minimum Gasteiger partial charge on any atom is -0.455 e. The number of likely N-dealkylation sites (tertiary alicyclic amines) is 1. The summed E-state index contributed by atoms with van der Waals surface area (Å²) in [7, 11) is 0. The maximum absolute atomic E-state index is 12.5. The van der Waals surface area contributed by atoms with Crippen LogP contribution in [0.4, 0.5) is 16.2 Å². The number of carbonyl (C=O) groups is 3. The Morgan fingerprint density at radius 3 is 2.12 bits per heavy atom. The molecule has 34 heavy (non-hydrogen) atoms. The van der Waals surface area contributed by atoms with Crippen LogP contribution in [0.1, 0.15) is 12.8 Å². The Morgan fingerprint density at radius 2 is 1.41 bits per heavy atom. The van der Waals surface area contributed by atoms with E-state index in [4.69, 9.17) is 4.74 Å². The number of hydrogen-bond donors (Lipinski definition) is 2. The number of rotatable bonds is 6. The van der Waals surface area contributed by atoms with Crippen LogP contribution in [0.15, 0.2) is 84.9 Å². The van der Waals surface area contributed by atoms with Crippen molar-refractivity contribution in [3.05, 3.63) is 84.9 Å². The quantitative estimate of drug-likeness (QED) is 0.522. The monoisotopic (exact) mass is 457 g/mol. The Morgan fingerprint density at radius 1 is 0.794 bits per heavy atom. The lowest BCUT2D eigenvalue weighted by Crippen LogP contribution is -2.43. The fraction of sp³-hybridized carbons (Fsp3) is 0.222. The first-order chi connectivity index (χ1) is 16.6. The second-order valence-electron chi connectivity index (χ2n) is 8.12. The molecule has 7 nitrogen and oxygen atoms in total. The number of ether oxygens (including phenoxy) is 1. The van der Waals surface area contributed by atoms with E-state index in [1.165, 1.54) is 0 Å². The van der Waals surface area contributed by atoms with Crippen LogP contribution < -0.4 is 10.6 Å². The first-order valence-corrected chi connectivity index (χ1v) is 11.3. The van der Waals surface area contributed by atoms with Gasteiger partial charge in [0.05, 0.1) is 5.92 Å². The van der Waals surface area contributed by atoms with E-state index < -0.39 is 11.9 Å². The summed E-state index contributed by atoms with van der Waals surface area (Å²) in [6.07, 6.45) is 0.999. The van der Waals surface area contributed by atoms with E-state index in [2.05, 4.69) is 10.6 Å². The molecule has 0 bridgehead atoms. The molecule has 3 aromatic carbocycles. The second-order valence-corrected chi connectivity index (χ2v) is 8.12. The molecular formula is C27H27N3O4. The molecule has 0 unspecified atom stereocenters. The van der Waals surface area contributed by atoms with Crippen LogP contribution in [-0.2, 0) is 14.3 Å². The van der Waals surface area contributed by atoms with Gasteiger partial charge in [-0.15, -0.1) is 0 Å². The summed E-state index contributed by atoms with van der Waals surface area (Å²) in [6.45, 7) is 0.556. The highest BCUT2D eigenvalue weighted by atomic mass is 16.5. The van der Waals surface area contributed by atoms with E-state index in [-0.39, 0.29) is 18.6 Å². The topological polar surface area (TPSA) is 87.7 Å². The first kappa shape index (κ1) is 23.0. The minimum absolute atomic E-state index is 0.186. The lowest BCUT2D eigenvalue weighted by molar-refractivity contribution is -0.152. The van der Waals surface area contributed by atoms with Crippen molar-refractivity contribution in [2.24, 2.45) is 5.92 Å². The number of benzene rings is 3. The number of nitrogens with one attached hydrogen (secondary N) is 2. The molecule has 1 saturated heterocycles. The number of anilines is 2. The summed E-state index contributed by atoms with van der Waals surface area (Å²) in [5.41, 5.74) is 3.27. The van der Waals surface area contributed by atoms with Crippen LogP contribution in [0.25, 0.3) is 11.1 Å². The highest BCUT2D eigenvalue weighted by Crippen LogP contribution is 2.27. The van der Waals surface area contributed by atoms with Gasteiger partial charge >= 0.3 is 12.0 Å². The number of piperidine rings is 1. The van der Waals surface area contributed by atoms with Gasteiger partial charge in [-0.1, -0.05) is 66.7 Å². The predicted octanol–water partition coefficient (Wildman–Crippen LogP) is 4.78. The average Bonchev–Trinajstić information content (AvgIpc) is 2.89. The van der Waals surface area contributed by atoms with Gasteiger partial charge in [-0.25, -0.2) is 4.79 Å². The normalized spacial score (nSPS) is 13.7. The Balaban J connectivity index is 1.23. The molecule has 3 amide bonds. The summed E-state index contributed by atoms with van der Waals surface area (Å²) >= 11 is 0. The fourth-order valence-corrected chi connectivity index (χ4v) is 3.94. The first-order valence-electron chi connectivity index (χ1n) is 11.3. The summed E-state index contributed by atoms with van der Waals surface area (Å²) in [5.74, 6) is -1.13. The number of esters is 1. The van der Waals surface area contributed by atoms with Crippen molar-refractivity contribution in [3.63, 3.8) is 0 Å². The van der Waals surface area contributed by atoms with Crippen LogP contribution in [0, 0.1) is 5.92 Å². The molecule has 1 aliphatic rings. The summed E-state index contributed by atoms with van der Waals surface area (Å²) in [6, 6.07) is 26.3. The van der Waals surface area contributed by atoms with Crippen molar-refractivity contribution in [2.45, 2.75) is 12.8 Å².